The Bertz CT molecular complexity index is 1410. The van der Waals surface area contributed by atoms with E-state index in [9.17, 15) is 4.79 Å². The van der Waals surface area contributed by atoms with Gasteiger partial charge in [0, 0.05) is 16.8 Å². The second-order valence-electron chi connectivity index (χ2n) is 7.71. The third-order valence-corrected chi connectivity index (χ3v) is 6.38. The lowest BCUT2D eigenvalue weighted by molar-refractivity contribution is -0.118. The Kier molecular flexibility index (Phi) is 8.83. The van der Waals surface area contributed by atoms with Crippen LogP contribution < -0.4 is 24.4 Å². The number of carbonyl (C=O) groups excluding carboxylic acids is 1. The highest BCUT2D eigenvalue weighted by atomic mass is 32.2. The SMILES string of the molecule is COc1ccc(-c2nnc(SCC(=O)N/N=C/c3ccc(OC)c(OC)c3OC)n2-c2ccccc2)cc1. The number of aromatic nitrogens is 3. The third kappa shape index (κ3) is 5.89. The zero-order valence-electron chi connectivity index (χ0n) is 21.4. The van der Waals surface area contributed by atoms with E-state index in [4.69, 9.17) is 18.9 Å². The van der Waals surface area contributed by atoms with Crippen LogP contribution in [-0.2, 0) is 4.79 Å². The van der Waals surface area contributed by atoms with Crippen molar-refractivity contribution in [3.8, 4) is 40.1 Å². The molecule has 3 aromatic carbocycles. The Hall–Kier alpha value is -4.51. The maximum Gasteiger partial charge on any atom is 0.250 e. The molecule has 0 bridgehead atoms. The predicted molar refractivity (Wildman–Crippen MR) is 146 cm³/mol. The molecule has 1 amide bonds. The number of rotatable bonds is 11. The van der Waals surface area contributed by atoms with Crippen molar-refractivity contribution in [1.82, 2.24) is 20.2 Å². The van der Waals surface area contributed by atoms with E-state index in [1.165, 1.54) is 32.2 Å². The summed E-state index contributed by atoms with van der Waals surface area (Å²) in [4.78, 5) is 12.6. The van der Waals surface area contributed by atoms with Crippen molar-refractivity contribution in [1.29, 1.82) is 0 Å². The van der Waals surface area contributed by atoms with Crippen molar-refractivity contribution >= 4 is 23.9 Å². The van der Waals surface area contributed by atoms with Crippen molar-refractivity contribution in [3.05, 3.63) is 72.3 Å². The lowest BCUT2D eigenvalue weighted by atomic mass is 10.2. The van der Waals surface area contributed by atoms with Gasteiger partial charge in [0.15, 0.2) is 22.5 Å². The lowest BCUT2D eigenvalue weighted by Gasteiger charge is -2.13. The number of hydrazone groups is 1. The van der Waals surface area contributed by atoms with E-state index in [-0.39, 0.29) is 11.7 Å². The van der Waals surface area contributed by atoms with E-state index >= 15 is 0 Å². The zero-order valence-corrected chi connectivity index (χ0v) is 22.2. The largest absolute Gasteiger partial charge is 0.497 e. The smallest absolute Gasteiger partial charge is 0.250 e. The van der Waals surface area contributed by atoms with Crippen LogP contribution in [0.1, 0.15) is 5.56 Å². The van der Waals surface area contributed by atoms with Crippen LogP contribution in [0.25, 0.3) is 17.1 Å². The molecular weight excluding hydrogens is 506 g/mol. The first-order valence-corrected chi connectivity index (χ1v) is 12.5. The van der Waals surface area contributed by atoms with Gasteiger partial charge in [0.2, 0.25) is 5.75 Å². The van der Waals surface area contributed by atoms with Crippen LogP contribution in [0.4, 0.5) is 0 Å². The van der Waals surface area contributed by atoms with Crippen LogP contribution in [0.3, 0.4) is 0 Å². The highest BCUT2D eigenvalue weighted by molar-refractivity contribution is 7.99. The number of nitrogens with one attached hydrogen (secondary N) is 1. The van der Waals surface area contributed by atoms with Crippen LogP contribution in [0.2, 0.25) is 0 Å². The number of hydrogen-bond acceptors (Lipinski definition) is 9. The number of methoxy groups -OCH3 is 4. The van der Waals surface area contributed by atoms with Crippen molar-refractivity contribution in [2.45, 2.75) is 5.16 Å². The molecule has 0 aliphatic carbocycles. The molecule has 4 rings (SSSR count). The molecule has 0 spiro atoms. The number of carbonyl (C=O) groups is 1. The van der Waals surface area contributed by atoms with Gasteiger partial charge in [0.25, 0.3) is 5.91 Å². The molecule has 0 atom stereocenters. The van der Waals surface area contributed by atoms with Gasteiger partial charge in [-0.25, -0.2) is 5.43 Å². The molecule has 1 heterocycles. The fourth-order valence-corrected chi connectivity index (χ4v) is 4.41. The van der Waals surface area contributed by atoms with Crippen molar-refractivity contribution in [2.24, 2.45) is 5.10 Å². The Morgan fingerprint density at radius 1 is 0.895 bits per heavy atom. The topological polar surface area (TPSA) is 109 Å². The summed E-state index contributed by atoms with van der Waals surface area (Å²) in [6.07, 6.45) is 1.48. The van der Waals surface area contributed by atoms with Crippen LogP contribution in [0, 0.1) is 0 Å². The van der Waals surface area contributed by atoms with Gasteiger partial charge in [-0.05, 0) is 48.5 Å². The minimum atomic E-state index is -0.306. The van der Waals surface area contributed by atoms with Crippen LogP contribution >= 0.6 is 11.8 Å². The summed E-state index contributed by atoms with van der Waals surface area (Å²) in [5.74, 6) is 2.58. The Labute approximate surface area is 224 Å². The Morgan fingerprint density at radius 2 is 1.63 bits per heavy atom. The molecule has 0 fully saturated rings. The number of benzene rings is 3. The summed E-state index contributed by atoms with van der Waals surface area (Å²) in [5, 5.41) is 13.4. The molecular formula is C27H27N5O5S. The molecule has 0 unspecified atom stereocenters. The Balaban J connectivity index is 1.49. The van der Waals surface area contributed by atoms with E-state index in [0.717, 1.165) is 17.0 Å². The molecule has 10 nitrogen and oxygen atoms in total. The second-order valence-corrected chi connectivity index (χ2v) is 8.65. The van der Waals surface area contributed by atoms with Crippen molar-refractivity contribution in [2.75, 3.05) is 34.2 Å². The number of amides is 1. The summed E-state index contributed by atoms with van der Waals surface area (Å²) in [5.41, 5.74) is 4.90. The minimum absolute atomic E-state index is 0.0774. The number of para-hydroxylation sites is 1. The predicted octanol–water partition coefficient (Wildman–Crippen LogP) is 4.21. The van der Waals surface area contributed by atoms with Gasteiger partial charge in [-0.2, -0.15) is 5.10 Å². The fourth-order valence-electron chi connectivity index (χ4n) is 3.66. The first kappa shape index (κ1) is 26.6. The molecule has 196 valence electrons. The van der Waals surface area contributed by atoms with Gasteiger partial charge in [0.1, 0.15) is 5.75 Å². The van der Waals surface area contributed by atoms with Crippen molar-refractivity contribution in [3.63, 3.8) is 0 Å². The number of hydrogen-bond donors (Lipinski definition) is 1. The van der Waals surface area contributed by atoms with Gasteiger partial charge in [-0.15, -0.1) is 10.2 Å². The maximum atomic E-state index is 12.6. The van der Waals surface area contributed by atoms with Gasteiger partial charge < -0.3 is 18.9 Å². The minimum Gasteiger partial charge on any atom is -0.497 e. The molecule has 1 N–H and O–H groups in total. The van der Waals surface area contributed by atoms with Crippen LogP contribution in [-0.4, -0.2) is 61.1 Å². The standard InChI is InChI=1S/C27H27N5O5S/c1-34-21-13-10-18(11-14-21)26-30-31-27(32(26)20-8-6-5-7-9-20)38-17-23(33)29-28-16-19-12-15-22(35-2)25(37-4)24(19)36-3/h5-16H,17H2,1-4H3,(H,29,33)/b28-16+. The summed E-state index contributed by atoms with van der Waals surface area (Å²) in [6.45, 7) is 0. The monoisotopic (exact) mass is 533 g/mol. The van der Waals surface area contributed by atoms with Gasteiger partial charge >= 0.3 is 0 Å². The molecule has 0 saturated heterocycles. The number of ether oxygens (including phenoxy) is 4. The first-order valence-electron chi connectivity index (χ1n) is 11.5. The van der Waals surface area contributed by atoms with E-state index in [0.29, 0.717) is 33.8 Å². The average molecular weight is 534 g/mol. The summed E-state index contributed by atoms with van der Waals surface area (Å²) >= 11 is 1.26. The van der Waals surface area contributed by atoms with Gasteiger partial charge in [0.05, 0.1) is 40.4 Å². The Morgan fingerprint density at radius 3 is 2.29 bits per heavy atom. The number of nitrogens with zero attached hydrogens (tertiary/aromatic N) is 4. The molecule has 1 aromatic heterocycles. The quantitative estimate of drug-likeness (QED) is 0.174. The average Bonchev–Trinajstić information content (AvgIpc) is 3.40. The zero-order chi connectivity index (χ0) is 26.9. The summed E-state index contributed by atoms with van der Waals surface area (Å²) < 4.78 is 23.3. The summed E-state index contributed by atoms with van der Waals surface area (Å²) in [6, 6.07) is 20.8. The van der Waals surface area contributed by atoms with E-state index in [1.807, 2.05) is 59.2 Å². The third-order valence-electron chi connectivity index (χ3n) is 5.46. The van der Waals surface area contributed by atoms with Gasteiger partial charge in [-0.1, -0.05) is 30.0 Å². The van der Waals surface area contributed by atoms with Gasteiger partial charge in [-0.3, -0.25) is 9.36 Å². The van der Waals surface area contributed by atoms with Crippen LogP contribution in [0.15, 0.2) is 77.0 Å². The molecule has 4 aromatic rings. The molecule has 11 heteroatoms. The molecule has 38 heavy (non-hydrogen) atoms. The molecule has 0 saturated carbocycles. The number of thioether (sulfide) groups is 1. The second kappa shape index (κ2) is 12.6. The summed E-state index contributed by atoms with van der Waals surface area (Å²) in [7, 11) is 6.21. The normalized spacial score (nSPS) is 10.8. The van der Waals surface area contributed by atoms with Crippen LogP contribution in [0.5, 0.6) is 23.0 Å². The van der Waals surface area contributed by atoms with E-state index in [2.05, 4.69) is 20.7 Å². The van der Waals surface area contributed by atoms with E-state index in [1.54, 1.807) is 26.4 Å². The first-order chi connectivity index (χ1) is 18.6. The lowest BCUT2D eigenvalue weighted by Crippen LogP contribution is -2.20. The highest BCUT2D eigenvalue weighted by Crippen LogP contribution is 2.39. The molecule has 0 radical (unpaired) electrons. The maximum absolute atomic E-state index is 12.6. The fraction of sp³-hybridized carbons (Fsp3) is 0.185. The van der Waals surface area contributed by atoms with Crippen molar-refractivity contribution < 1.29 is 23.7 Å². The molecule has 0 aliphatic heterocycles. The highest BCUT2D eigenvalue weighted by Gasteiger charge is 2.18. The molecule has 0 aliphatic rings. The van der Waals surface area contributed by atoms with E-state index < -0.39 is 0 Å².